The van der Waals surface area contributed by atoms with E-state index in [1.165, 1.54) is 0 Å². The summed E-state index contributed by atoms with van der Waals surface area (Å²) in [6.07, 6.45) is 5.42. The van der Waals surface area contributed by atoms with Crippen molar-refractivity contribution in [3.05, 3.63) is 36.3 Å². The maximum Gasteiger partial charge on any atom is 0.255 e. The average Bonchev–Trinajstić information content (AvgIpc) is 3.05. The molecule has 122 valence electrons. The quantitative estimate of drug-likeness (QED) is 0.852. The monoisotopic (exact) mass is 314 g/mol. The number of morpholine rings is 1. The van der Waals surface area contributed by atoms with Crippen LogP contribution in [0.1, 0.15) is 31.1 Å². The molecule has 0 N–H and O–H groups in total. The van der Waals surface area contributed by atoms with E-state index < -0.39 is 0 Å². The Balaban J connectivity index is 1.76. The van der Waals surface area contributed by atoms with Crippen molar-refractivity contribution in [3.8, 4) is 11.3 Å². The van der Waals surface area contributed by atoms with Gasteiger partial charge in [0.05, 0.1) is 36.2 Å². The second kappa shape index (κ2) is 6.12. The SMILES string of the molecule is CC(C)(C)n1cc(-c2ccc(C(=O)N3CCOCC3)cn2)cn1. The molecule has 0 bridgehead atoms. The fraction of sp³-hybridized carbons (Fsp3) is 0.471. The Labute approximate surface area is 136 Å². The molecule has 1 aliphatic heterocycles. The number of pyridine rings is 1. The molecule has 2 aromatic rings. The van der Waals surface area contributed by atoms with Crippen LogP contribution in [0.25, 0.3) is 11.3 Å². The third-order valence-corrected chi connectivity index (χ3v) is 3.87. The molecule has 0 aromatic carbocycles. The molecule has 1 amide bonds. The summed E-state index contributed by atoms with van der Waals surface area (Å²) in [6, 6.07) is 3.70. The van der Waals surface area contributed by atoms with Gasteiger partial charge in [-0.3, -0.25) is 14.5 Å². The number of carbonyl (C=O) groups is 1. The number of carbonyl (C=O) groups excluding carboxylic acids is 1. The van der Waals surface area contributed by atoms with Gasteiger partial charge in [0.25, 0.3) is 5.91 Å². The first-order valence-electron chi connectivity index (χ1n) is 7.84. The highest BCUT2D eigenvalue weighted by Crippen LogP contribution is 2.20. The van der Waals surface area contributed by atoms with E-state index in [9.17, 15) is 4.79 Å². The summed E-state index contributed by atoms with van der Waals surface area (Å²) in [6.45, 7) is 8.77. The highest BCUT2D eigenvalue weighted by molar-refractivity contribution is 5.94. The van der Waals surface area contributed by atoms with Gasteiger partial charge < -0.3 is 9.64 Å². The van der Waals surface area contributed by atoms with Gasteiger partial charge in [-0.2, -0.15) is 5.10 Å². The van der Waals surface area contributed by atoms with Gasteiger partial charge in [0.1, 0.15) is 0 Å². The molecule has 1 fully saturated rings. The zero-order valence-corrected chi connectivity index (χ0v) is 13.8. The summed E-state index contributed by atoms with van der Waals surface area (Å²) in [7, 11) is 0. The number of aromatic nitrogens is 3. The normalized spacial score (nSPS) is 15.7. The van der Waals surface area contributed by atoms with E-state index in [2.05, 4.69) is 30.9 Å². The molecule has 23 heavy (non-hydrogen) atoms. The fourth-order valence-electron chi connectivity index (χ4n) is 2.46. The van der Waals surface area contributed by atoms with Gasteiger partial charge in [0.15, 0.2) is 0 Å². The van der Waals surface area contributed by atoms with Crippen LogP contribution in [0.5, 0.6) is 0 Å². The first kappa shape index (κ1) is 15.7. The molecular formula is C17H22N4O2. The zero-order chi connectivity index (χ0) is 16.4. The molecule has 3 heterocycles. The van der Waals surface area contributed by atoms with E-state index in [0.717, 1.165) is 11.3 Å². The van der Waals surface area contributed by atoms with Crippen LogP contribution in [-0.4, -0.2) is 51.9 Å². The minimum absolute atomic E-state index is 0.0118. The number of hydrogen-bond donors (Lipinski definition) is 0. The van der Waals surface area contributed by atoms with Gasteiger partial charge in [0, 0.05) is 31.0 Å². The molecule has 6 heteroatoms. The topological polar surface area (TPSA) is 60.2 Å². The van der Waals surface area contributed by atoms with Crippen LogP contribution in [0.2, 0.25) is 0 Å². The molecule has 2 aromatic heterocycles. The summed E-state index contributed by atoms with van der Waals surface area (Å²) in [5.74, 6) is 0.0118. The van der Waals surface area contributed by atoms with Crippen molar-refractivity contribution >= 4 is 5.91 Å². The third-order valence-electron chi connectivity index (χ3n) is 3.87. The van der Waals surface area contributed by atoms with Crippen LogP contribution in [0, 0.1) is 0 Å². The third kappa shape index (κ3) is 3.42. The van der Waals surface area contributed by atoms with Crippen molar-refractivity contribution in [2.75, 3.05) is 26.3 Å². The van der Waals surface area contributed by atoms with Crippen LogP contribution >= 0.6 is 0 Å². The van der Waals surface area contributed by atoms with Gasteiger partial charge in [0.2, 0.25) is 0 Å². The van der Waals surface area contributed by atoms with Gasteiger partial charge in [-0.15, -0.1) is 0 Å². The molecule has 0 unspecified atom stereocenters. The molecule has 0 aliphatic carbocycles. The lowest BCUT2D eigenvalue weighted by Crippen LogP contribution is -2.40. The Bertz CT molecular complexity index is 679. The molecule has 0 spiro atoms. The van der Waals surface area contributed by atoms with Gasteiger partial charge in [-0.1, -0.05) is 0 Å². The first-order valence-corrected chi connectivity index (χ1v) is 7.84. The number of ether oxygens (including phenoxy) is 1. The highest BCUT2D eigenvalue weighted by Gasteiger charge is 2.19. The Hall–Kier alpha value is -2.21. The summed E-state index contributed by atoms with van der Waals surface area (Å²) in [5, 5.41) is 4.38. The number of nitrogens with zero attached hydrogens (tertiary/aromatic N) is 4. The predicted molar refractivity (Wildman–Crippen MR) is 87.2 cm³/mol. The summed E-state index contributed by atoms with van der Waals surface area (Å²) >= 11 is 0. The van der Waals surface area contributed by atoms with Crippen LogP contribution in [0.3, 0.4) is 0 Å². The lowest BCUT2D eigenvalue weighted by atomic mass is 10.1. The molecule has 0 atom stereocenters. The second-order valence-corrected chi connectivity index (χ2v) is 6.68. The first-order chi connectivity index (χ1) is 10.9. The Morgan fingerprint density at radius 2 is 1.91 bits per heavy atom. The van der Waals surface area contributed by atoms with Gasteiger partial charge in [-0.05, 0) is 32.9 Å². The smallest absolute Gasteiger partial charge is 0.255 e. The van der Waals surface area contributed by atoms with E-state index in [4.69, 9.17) is 4.74 Å². The van der Waals surface area contributed by atoms with E-state index in [1.54, 1.807) is 17.3 Å². The molecule has 0 radical (unpaired) electrons. The molecule has 3 rings (SSSR count). The van der Waals surface area contributed by atoms with E-state index >= 15 is 0 Å². The Kier molecular flexibility index (Phi) is 4.17. The van der Waals surface area contributed by atoms with Crippen LogP contribution in [0.15, 0.2) is 30.7 Å². The zero-order valence-electron chi connectivity index (χ0n) is 13.8. The molecule has 6 nitrogen and oxygen atoms in total. The van der Waals surface area contributed by atoms with E-state index in [1.807, 2.05) is 23.0 Å². The predicted octanol–water partition coefficient (Wildman–Crippen LogP) is 2.17. The van der Waals surface area contributed by atoms with Crippen molar-refractivity contribution in [2.24, 2.45) is 0 Å². The molecule has 1 saturated heterocycles. The molecule has 0 saturated carbocycles. The summed E-state index contributed by atoms with van der Waals surface area (Å²) < 4.78 is 7.19. The molecular weight excluding hydrogens is 292 g/mol. The summed E-state index contributed by atoms with van der Waals surface area (Å²) in [5.41, 5.74) is 2.31. The second-order valence-electron chi connectivity index (χ2n) is 6.68. The maximum absolute atomic E-state index is 12.4. The van der Waals surface area contributed by atoms with Gasteiger partial charge >= 0.3 is 0 Å². The summed E-state index contributed by atoms with van der Waals surface area (Å²) in [4.78, 5) is 18.6. The Morgan fingerprint density at radius 1 is 1.17 bits per heavy atom. The van der Waals surface area contributed by atoms with Gasteiger partial charge in [-0.25, -0.2) is 0 Å². The van der Waals surface area contributed by atoms with Crippen molar-refractivity contribution < 1.29 is 9.53 Å². The average molecular weight is 314 g/mol. The van der Waals surface area contributed by atoms with Crippen molar-refractivity contribution in [2.45, 2.75) is 26.3 Å². The Morgan fingerprint density at radius 3 is 2.48 bits per heavy atom. The van der Waals surface area contributed by atoms with Crippen molar-refractivity contribution in [1.29, 1.82) is 0 Å². The number of amides is 1. The van der Waals surface area contributed by atoms with Crippen LogP contribution in [-0.2, 0) is 10.3 Å². The van der Waals surface area contributed by atoms with Crippen LogP contribution in [0.4, 0.5) is 0 Å². The highest BCUT2D eigenvalue weighted by atomic mass is 16.5. The fourth-order valence-corrected chi connectivity index (χ4v) is 2.46. The maximum atomic E-state index is 12.4. The lowest BCUT2D eigenvalue weighted by Gasteiger charge is -2.26. The van der Waals surface area contributed by atoms with Crippen molar-refractivity contribution in [3.63, 3.8) is 0 Å². The number of hydrogen-bond acceptors (Lipinski definition) is 4. The largest absolute Gasteiger partial charge is 0.378 e. The standard InChI is InChI=1S/C17H22N4O2/c1-17(2,3)21-12-14(11-19-21)15-5-4-13(10-18-15)16(22)20-6-8-23-9-7-20/h4-5,10-12H,6-9H2,1-3H3. The van der Waals surface area contributed by atoms with E-state index in [-0.39, 0.29) is 11.4 Å². The van der Waals surface area contributed by atoms with E-state index in [0.29, 0.717) is 31.9 Å². The minimum atomic E-state index is -0.0650. The number of rotatable bonds is 2. The lowest BCUT2D eigenvalue weighted by molar-refractivity contribution is 0.0302. The molecule has 1 aliphatic rings. The minimum Gasteiger partial charge on any atom is -0.378 e. The van der Waals surface area contributed by atoms with Crippen molar-refractivity contribution in [1.82, 2.24) is 19.7 Å². The van der Waals surface area contributed by atoms with Crippen LogP contribution < -0.4 is 0 Å².